The molecular weight excluding hydrogens is 314 g/mol. The van der Waals surface area contributed by atoms with Crippen molar-refractivity contribution in [3.63, 3.8) is 0 Å². The van der Waals surface area contributed by atoms with Gasteiger partial charge in [-0.15, -0.1) is 0 Å². The van der Waals surface area contributed by atoms with E-state index in [4.69, 9.17) is 0 Å². The van der Waals surface area contributed by atoms with Crippen molar-refractivity contribution in [3.05, 3.63) is 33.9 Å². The number of aliphatic hydroxyl groups excluding tert-OH is 1. The number of rotatable bonds is 4. The van der Waals surface area contributed by atoms with Gasteiger partial charge in [-0.3, -0.25) is 10.1 Å². The summed E-state index contributed by atoms with van der Waals surface area (Å²) in [6.07, 6.45) is -0.440. The number of non-ortho nitro benzene ring substituents is 1. The van der Waals surface area contributed by atoms with Gasteiger partial charge >= 0.3 is 0 Å². The Hall–Kier alpha value is -1.60. The Morgan fingerprint density at radius 3 is 2.74 bits per heavy atom. The number of nitro benzene ring substituents is 1. The van der Waals surface area contributed by atoms with E-state index >= 15 is 0 Å². The molecule has 0 amide bonds. The van der Waals surface area contributed by atoms with Gasteiger partial charge in [0.2, 0.25) is 0 Å². The van der Waals surface area contributed by atoms with Crippen LogP contribution in [0.5, 0.6) is 0 Å². The minimum absolute atomic E-state index is 0.0746. The van der Waals surface area contributed by atoms with Crippen molar-refractivity contribution in [1.29, 1.82) is 0 Å². The van der Waals surface area contributed by atoms with E-state index in [2.05, 4.69) is 9.89 Å². The molecule has 1 N–H and O–H groups in total. The van der Waals surface area contributed by atoms with Gasteiger partial charge in [0.1, 0.15) is 0 Å². The largest absolute Gasteiger partial charge is 0.391 e. The fourth-order valence-corrected chi connectivity index (χ4v) is 3.18. The molecule has 0 radical (unpaired) electrons. The molecule has 2 rings (SSSR count). The molecule has 1 aliphatic heterocycles. The molecule has 23 heavy (non-hydrogen) atoms. The summed E-state index contributed by atoms with van der Waals surface area (Å²) >= 11 is 1.65. The average Bonchev–Trinajstić information content (AvgIpc) is 2.87. The van der Waals surface area contributed by atoms with E-state index in [0.29, 0.717) is 6.54 Å². The highest BCUT2D eigenvalue weighted by molar-refractivity contribution is 8.14. The summed E-state index contributed by atoms with van der Waals surface area (Å²) in [5, 5.41) is 22.0. The number of amidine groups is 1. The van der Waals surface area contributed by atoms with Gasteiger partial charge in [-0.1, -0.05) is 32.5 Å². The average molecular weight is 337 g/mol. The van der Waals surface area contributed by atoms with Crippen molar-refractivity contribution >= 4 is 28.3 Å². The zero-order chi connectivity index (χ0) is 17.2. The molecule has 0 saturated carbocycles. The SMILES string of the molecule is Cc1cc([N+](=O)[O-])ccc1/N=C1\SCCN1CC(O)C(C)(C)C. The van der Waals surface area contributed by atoms with Gasteiger partial charge in [0.15, 0.2) is 5.17 Å². The fraction of sp³-hybridized carbons (Fsp3) is 0.562. The molecule has 6 nitrogen and oxygen atoms in total. The first-order chi connectivity index (χ1) is 10.7. The van der Waals surface area contributed by atoms with Crippen LogP contribution in [-0.2, 0) is 0 Å². The van der Waals surface area contributed by atoms with Gasteiger partial charge in [-0.05, 0) is 24.0 Å². The molecule has 0 aliphatic carbocycles. The number of nitrogens with zero attached hydrogens (tertiary/aromatic N) is 3. The summed E-state index contributed by atoms with van der Waals surface area (Å²) < 4.78 is 0. The second-order valence-corrected chi connectivity index (χ2v) is 7.86. The summed E-state index contributed by atoms with van der Waals surface area (Å²) in [6.45, 7) is 9.25. The lowest BCUT2D eigenvalue weighted by molar-refractivity contribution is -0.384. The molecule has 1 aromatic rings. The minimum atomic E-state index is -0.440. The Morgan fingerprint density at radius 2 is 2.17 bits per heavy atom. The van der Waals surface area contributed by atoms with Crippen molar-refractivity contribution < 1.29 is 10.0 Å². The molecule has 1 atom stereocenters. The van der Waals surface area contributed by atoms with E-state index in [-0.39, 0.29) is 11.1 Å². The minimum Gasteiger partial charge on any atom is -0.391 e. The Bertz CT molecular complexity index is 625. The smallest absolute Gasteiger partial charge is 0.269 e. The van der Waals surface area contributed by atoms with E-state index in [1.807, 2.05) is 27.7 Å². The molecular formula is C16H23N3O3S. The molecule has 1 aliphatic rings. The van der Waals surface area contributed by atoms with Gasteiger partial charge in [0.25, 0.3) is 5.69 Å². The molecule has 7 heteroatoms. The third-order valence-corrected chi connectivity index (χ3v) is 4.86. The maximum Gasteiger partial charge on any atom is 0.269 e. The molecule has 0 spiro atoms. The van der Waals surface area contributed by atoms with Crippen LogP contribution < -0.4 is 0 Å². The summed E-state index contributed by atoms with van der Waals surface area (Å²) in [5.74, 6) is 0.932. The van der Waals surface area contributed by atoms with E-state index < -0.39 is 11.0 Å². The van der Waals surface area contributed by atoms with Crippen molar-refractivity contribution in [2.24, 2.45) is 10.4 Å². The van der Waals surface area contributed by atoms with Gasteiger partial charge < -0.3 is 10.0 Å². The van der Waals surface area contributed by atoms with Gasteiger partial charge in [0, 0.05) is 31.0 Å². The zero-order valence-electron chi connectivity index (χ0n) is 13.9. The predicted molar refractivity (Wildman–Crippen MR) is 94.4 cm³/mol. The molecule has 1 fully saturated rings. The Kier molecular flexibility index (Phi) is 5.31. The van der Waals surface area contributed by atoms with Crippen molar-refractivity contribution in [3.8, 4) is 0 Å². The topological polar surface area (TPSA) is 79.0 Å². The first kappa shape index (κ1) is 17.7. The molecule has 0 bridgehead atoms. The summed E-state index contributed by atoms with van der Waals surface area (Å²) in [4.78, 5) is 17.1. The molecule has 1 aromatic carbocycles. The van der Waals surface area contributed by atoms with Crippen LogP contribution in [-0.4, -0.2) is 45.0 Å². The highest BCUT2D eigenvalue weighted by Gasteiger charge is 2.28. The lowest BCUT2D eigenvalue weighted by Gasteiger charge is -2.30. The fourth-order valence-electron chi connectivity index (χ4n) is 2.17. The number of aliphatic hydroxyl groups is 1. The second kappa shape index (κ2) is 6.88. The number of β-amino-alcohol motifs (C(OH)–C–C–N with tert-alkyl or cyclic N) is 1. The molecule has 1 saturated heterocycles. The van der Waals surface area contributed by atoms with Crippen LogP contribution in [0, 0.1) is 22.5 Å². The van der Waals surface area contributed by atoms with Gasteiger partial charge in [0.05, 0.1) is 16.7 Å². The third kappa shape index (κ3) is 4.45. The third-order valence-electron chi connectivity index (χ3n) is 3.86. The zero-order valence-corrected chi connectivity index (χ0v) is 14.8. The highest BCUT2D eigenvalue weighted by atomic mass is 32.2. The second-order valence-electron chi connectivity index (χ2n) is 6.80. The van der Waals surface area contributed by atoms with Gasteiger partial charge in [-0.25, -0.2) is 4.99 Å². The van der Waals surface area contributed by atoms with E-state index in [1.54, 1.807) is 17.8 Å². The van der Waals surface area contributed by atoms with Crippen molar-refractivity contribution in [1.82, 2.24) is 4.90 Å². The predicted octanol–water partition coefficient (Wildman–Crippen LogP) is 3.35. The quantitative estimate of drug-likeness (QED) is 0.673. The maximum absolute atomic E-state index is 10.8. The first-order valence-electron chi connectivity index (χ1n) is 7.58. The molecule has 1 unspecified atom stereocenters. The number of nitro groups is 1. The maximum atomic E-state index is 10.8. The normalized spacial score (nSPS) is 18.5. The van der Waals surface area contributed by atoms with Crippen LogP contribution in [0.4, 0.5) is 11.4 Å². The number of thioether (sulfide) groups is 1. The molecule has 1 heterocycles. The molecule has 126 valence electrons. The lowest BCUT2D eigenvalue weighted by atomic mass is 9.89. The summed E-state index contributed by atoms with van der Waals surface area (Å²) in [7, 11) is 0. The molecule has 0 aromatic heterocycles. The van der Waals surface area contributed by atoms with Crippen molar-refractivity contribution in [2.75, 3.05) is 18.8 Å². The number of aryl methyl sites for hydroxylation is 1. The van der Waals surface area contributed by atoms with Crippen LogP contribution in [0.15, 0.2) is 23.2 Å². The lowest BCUT2D eigenvalue weighted by Crippen LogP contribution is -2.39. The standard InChI is InChI=1S/C16H23N3O3S/c1-11-9-12(19(21)22)5-6-13(11)17-15-18(7-8-23-15)10-14(20)16(2,3)4/h5-6,9,14,20H,7-8,10H2,1-4H3/b17-15-. The summed E-state index contributed by atoms with van der Waals surface area (Å²) in [6, 6.07) is 4.69. The van der Waals surface area contributed by atoms with E-state index in [1.165, 1.54) is 12.1 Å². The van der Waals surface area contributed by atoms with Gasteiger partial charge in [-0.2, -0.15) is 0 Å². The Morgan fingerprint density at radius 1 is 1.48 bits per heavy atom. The van der Waals surface area contributed by atoms with Crippen LogP contribution in [0.2, 0.25) is 0 Å². The van der Waals surface area contributed by atoms with E-state index in [9.17, 15) is 15.2 Å². The Balaban J connectivity index is 2.19. The number of benzene rings is 1. The number of hydrogen-bond donors (Lipinski definition) is 1. The highest BCUT2D eigenvalue weighted by Crippen LogP contribution is 2.29. The van der Waals surface area contributed by atoms with Crippen LogP contribution in [0.3, 0.4) is 0 Å². The van der Waals surface area contributed by atoms with E-state index in [0.717, 1.165) is 28.7 Å². The Labute approximate surface area is 140 Å². The van der Waals surface area contributed by atoms with Crippen LogP contribution in [0.1, 0.15) is 26.3 Å². The number of hydrogen-bond acceptors (Lipinski definition) is 5. The monoisotopic (exact) mass is 337 g/mol. The van der Waals surface area contributed by atoms with Crippen molar-refractivity contribution in [2.45, 2.75) is 33.8 Å². The first-order valence-corrected chi connectivity index (χ1v) is 8.56. The van der Waals surface area contributed by atoms with Crippen LogP contribution >= 0.6 is 11.8 Å². The number of aliphatic imine (C=N–C) groups is 1. The summed E-state index contributed by atoms with van der Waals surface area (Å²) in [5.41, 5.74) is 1.40. The van der Waals surface area contributed by atoms with Crippen LogP contribution in [0.25, 0.3) is 0 Å².